The Morgan fingerprint density at radius 3 is 2.67 bits per heavy atom. The second-order valence-electron chi connectivity index (χ2n) is 11.4. The lowest BCUT2D eigenvalue weighted by Gasteiger charge is -2.34. The molecular formula is C33H33ClN6O3. The number of anilines is 3. The lowest BCUT2D eigenvalue weighted by molar-refractivity contribution is -0.117. The van der Waals surface area contributed by atoms with Crippen molar-refractivity contribution in [2.45, 2.75) is 39.2 Å². The minimum Gasteiger partial charge on any atom is -0.491 e. The van der Waals surface area contributed by atoms with E-state index in [4.69, 9.17) is 26.8 Å². The summed E-state index contributed by atoms with van der Waals surface area (Å²) in [5, 5.41) is 17.4. The molecule has 0 unspecified atom stereocenters. The summed E-state index contributed by atoms with van der Waals surface area (Å²) in [4.78, 5) is 21.7. The molecule has 43 heavy (non-hydrogen) atoms. The van der Waals surface area contributed by atoms with Gasteiger partial charge in [-0.25, -0.2) is 0 Å². The highest BCUT2D eigenvalue weighted by Gasteiger charge is 2.31. The molecule has 0 radical (unpaired) electrons. The van der Waals surface area contributed by atoms with Crippen LogP contribution in [0.5, 0.6) is 11.5 Å². The van der Waals surface area contributed by atoms with Crippen LogP contribution in [-0.2, 0) is 11.4 Å². The molecule has 2 aliphatic rings. The number of nitrogens with zero attached hydrogens (tertiary/aromatic N) is 3. The fourth-order valence-electron chi connectivity index (χ4n) is 5.29. The third kappa shape index (κ3) is 6.51. The largest absolute Gasteiger partial charge is 0.491 e. The summed E-state index contributed by atoms with van der Waals surface area (Å²) in [6.45, 7) is 3.54. The molecule has 2 fully saturated rings. The number of hydrogen-bond acceptors (Lipinski definition) is 8. The van der Waals surface area contributed by atoms with Gasteiger partial charge in [0.2, 0.25) is 5.91 Å². The van der Waals surface area contributed by atoms with Crippen molar-refractivity contribution >= 4 is 45.5 Å². The predicted octanol–water partition coefficient (Wildman–Crippen LogP) is 6.50. The maximum absolute atomic E-state index is 12.8. The first-order valence-corrected chi connectivity index (χ1v) is 14.9. The zero-order chi connectivity index (χ0) is 29.9. The van der Waals surface area contributed by atoms with Crippen LogP contribution < -0.4 is 25.8 Å². The third-order valence-electron chi connectivity index (χ3n) is 8.13. The number of rotatable bonds is 11. The summed E-state index contributed by atoms with van der Waals surface area (Å²) in [6.07, 6.45) is 7.10. The van der Waals surface area contributed by atoms with E-state index in [0.717, 1.165) is 36.9 Å². The zero-order valence-corrected chi connectivity index (χ0v) is 24.7. The molecule has 6 rings (SSSR count). The van der Waals surface area contributed by atoms with E-state index >= 15 is 0 Å². The number of amides is 1. The summed E-state index contributed by atoms with van der Waals surface area (Å²) < 4.78 is 12.2. The number of hydrogen-bond donors (Lipinski definition) is 3. The summed E-state index contributed by atoms with van der Waals surface area (Å²) in [7, 11) is 0. The van der Waals surface area contributed by atoms with Gasteiger partial charge in [0, 0.05) is 35.8 Å². The Hall–Kier alpha value is -4.39. The van der Waals surface area contributed by atoms with Crippen LogP contribution in [-0.4, -0.2) is 29.0 Å². The molecule has 2 aromatic carbocycles. The Labute approximate surface area is 255 Å². The number of aromatic nitrogens is 2. The maximum Gasteiger partial charge on any atom is 0.227 e. The molecule has 0 aliphatic heterocycles. The van der Waals surface area contributed by atoms with Gasteiger partial charge in [-0.3, -0.25) is 14.8 Å². The van der Waals surface area contributed by atoms with Crippen molar-refractivity contribution in [1.29, 1.82) is 5.26 Å². The van der Waals surface area contributed by atoms with Crippen LogP contribution >= 0.6 is 11.6 Å². The average molecular weight is 597 g/mol. The predicted molar refractivity (Wildman–Crippen MR) is 167 cm³/mol. The molecule has 2 aromatic heterocycles. The van der Waals surface area contributed by atoms with Gasteiger partial charge in [-0.1, -0.05) is 17.7 Å². The van der Waals surface area contributed by atoms with Gasteiger partial charge < -0.3 is 25.8 Å². The summed E-state index contributed by atoms with van der Waals surface area (Å²) in [6, 6.07) is 15.1. The van der Waals surface area contributed by atoms with E-state index in [-0.39, 0.29) is 11.8 Å². The van der Waals surface area contributed by atoms with E-state index in [1.54, 1.807) is 18.3 Å². The molecule has 4 N–H and O–H groups in total. The molecule has 4 aromatic rings. The van der Waals surface area contributed by atoms with Gasteiger partial charge in [-0.15, -0.1) is 0 Å². The van der Waals surface area contributed by atoms with E-state index in [0.29, 0.717) is 81.6 Å². The van der Waals surface area contributed by atoms with Crippen molar-refractivity contribution in [2.75, 3.05) is 23.8 Å². The number of nitrogens with two attached hydrogens (primary N) is 1. The number of carbonyl (C=O) groups excluding carboxylic acids is 1. The average Bonchev–Trinajstić information content (AvgIpc) is 3.84. The van der Waals surface area contributed by atoms with E-state index < -0.39 is 0 Å². The smallest absolute Gasteiger partial charge is 0.227 e. The molecular weight excluding hydrogens is 564 g/mol. The van der Waals surface area contributed by atoms with Crippen molar-refractivity contribution in [3.8, 4) is 17.6 Å². The van der Waals surface area contributed by atoms with Crippen molar-refractivity contribution in [1.82, 2.24) is 9.97 Å². The number of nitriles is 1. The number of nitrogens with one attached hydrogen (secondary N) is 2. The van der Waals surface area contributed by atoms with Crippen LogP contribution in [0.4, 0.5) is 17.1 Å². The molecule has 1 amide bonds. The molecule has 0 atom stereocenters. The number of pyridine rings is 2. The van der Waals surface area contributed by atoms with Crippen LogP contribution in [0.2, 0.25) is 5.02 Å². The third-order valence-corrected chi connectivity index (χ3v) is 8.44. The van der Waals surface area contributed by atoms with Crippen LogP contribution in [0.3, 0.4) is 0 Å². The number of ether oxygens (including phenoxy) is 2. The Morgan fingerprint density at radius 1 is 1.12 bits per heavy atom. The highest BCUT2D eigenvalue weighted by molar-refractivity contribution is 6.33. The molecule has 9 nitrogen and oxygen atoms in total. The van der Waals surface area contributed by atoms with Crippen molar-refractivity contribution in [3.05, 3.63) is 76.7 Å². The molecule has 2 aliphatic carbocycles. The fraction of sp³-hybridized carbons (Fsp3) is 0.333. The van der Waals surface area contributed by atoms with E-state index in [1.807, 2.05) is 37.3 Å². The van der Waals surface area contributed by atoms with Gasteiger partial charge in [0.25, 0.3) is 0 Å². The topological polar surface area (TPSA) is 135 Å². The highest BCUT2D eigenvalue weighted by atomic mass is 35.5. The van der Waals surface area contributed by atoms with Crippen molar-refractivity contribution in [3.63, 3.8) is 0 Å². The lowest BCUT2D eigenvalue weighted by Crippen LogP contribution is -2.33. The fourth-order valence-corrected chi connectivity index (χ4v) is 5.51. The second kappa shape index (κ2) is 12.5. The van der Waals surface area contributed by atoms with E-state index in [1.165, 1.54) is 6.20 Å². The summed E-state index contributed by atoms with van der Waals surface area (Å²) >= 11 is 6.68. The van der Waals surface area contributed by atoms with Gasteiger partial charge in [0.15, 0.2) is 0 Å². The molecule has 0 spiro atoms. The number of carbonyl (C=O) groups is 1. The first-order valence-electron chi connectivity index (χ1n) is 14.5. The quantitative estimate of drug-likeness (QED) is 0.179. The Bertz CT molecular complexity index is 1710. The van der Waals surface area contributed by atoms with Gasteiger partial charge in [-0.05, 0) is 80.8 Å². The first kappa shape index (κ1) is 28.7. The Morgan fingerprint density at radius 2 is 1.95 bits per heavy atom. The normalized spacial score (nSPS) is 17.5. The molecule has 10 heteroatoms. The zero-order valence-electron chi connectivity index (χ0n) is 23.9. The molecule has 2 heterocycles. The highest BCUT2D eigenvalue weighted by Crippen LogP contribution is 2.40. The molecule has 220 valence electrons. The number of aryl methyl sites for hydroxylation is 1. The van der Waals surface area contributed by atoms with Gasteiger partial charge >= 0.3 is 0 Å². The number of halogens is 1. The van der Waals surface area contributed by atoms with Gasteiger partial charge in [0.05, 0.1) is 45.5 Å². The summed E-state index contributed by atoms with van der Waals surface area (Å²) in [5.41, 5.74) is 10.3. The van der Waals surface area contributed by atoms with Crippen LogP contribution in [0.25, 0.3) is 10.9 Å². The van der Waals surface area contributed by atoms with Crippen LogP contribution in [0.1, 0.15) is 42.5 Å². The SMILES string of the molecule is Cc1cccnc1COc1ccc(Nc2c(C#N)cnc3cc(OCC4CC(CN)C4)c(NC(=O)C4CC4)cc23)c(Cl)c1. The Balaban J connectivity index is 1.27. The van der Waals surface area contributed by atoms with Crippen LogP contribution in [0.15, 0.2) is 54.9 Å². The summed E-state index contributed by atoms with van der Waals surface area (Å²) in [5.74, 6) is 2.12. The first-order chi connectivity index (χ1) is 20.9. The Kier molecular flexibility index (Phi) is 8.32. The van der Waals surface area contributed by atoms with Crippen molar-refractivity contribution in [2.24, 2.45) is 23.5 Å². The lowest BCUT2D eigenvalue weighted by atomic mass is 9.75. The van der Waals surface area contributed by atoms with Crippen molar-refractivity contribution < 1.29 is 14.3 Å². The molecule has 0 saturated heterocycles. The van der Waals surface area contributed by atoms with E-state index in [9.17, 15) is 10.1 Å². The number of benzene rings is 2. The van der Waals surface area contributed by atoms with Gasteiger partial charge in [-0.2, -0.15) is 5.26 Å². The maximum atomic E-state index is 12.8. The van der Waals surface area contributed by atoms with Gasteiger partial charge in [0.1, 0.15) is 24.2 Å². The monoisotopic (exact) mass is 596 g/mol. The minimum absolute atomic E-state index is 0.0165. The van der Waals surface area contributed by atoms with Crippen LogP contribution in [0, 0.1) is 36.0 Å². The molecule has 2 saturated carbocycles. The number of fused-ring (bicyclic) bond motifs is 1. The van der Waals surface area contributed by atoms with E-state index in [2.05, 4.69) is 26.7 Å². The standard InChI is InChI=1S/C33H33ClN6O3/c1-19-3-2-8-37-30(19)18-42-24-6-7-27(26(34)11-24)39-32-23(15-36)16-38-28-13-31(43-17-21-9-20(10-21)14-35)29(12-25(28)32)40-33(41)22-4-5-22/h2-3,6-8,11-13,16,20-22H,4-5,9-10,14,17-18,35H2,1H3,(H,38,39)(H,40,41). The minimum atomic E-state index is -0.0329. The molecule has 0 bridgehead atoms. The second-order valence-corrected chi connectivity index (χ2v) is 11.8.